The predicted molar refractivity (Wildman–Crippen MR) is 85.9 cm³/mol. The first kappa shape index (κ1) is 18.1. The summed E-state index contributed by atoms with van der Waals surface area (Å²) in [5, 5.41) is 10.9. The molecule has 0 saturated heterocycles. The molecular weight excluding hydrogens is 315 g/mol. The molecule has 0 N–H and O–H groups in total. The Morgan fingerprint density at radius 3 is 2.50 bits per heavy atom. The topological polar surface area (TPSA) is 74.5 Å². The number of aromatic nitrogens is 2. The summed E-state index contributed by atoms with van der Waals surface area (Å²) in [4.78, 5) is 27.7. The second-order valence-electron chi connectivity index (χ2n) is 5.10. The molecule has 0 aliphatic rings. The Labute approximate surface area is 160 Å². The van der Waals surface area contributed by atoms with Gasteiger partial charge < -0.3 is 9.90 Å². The Balaban J connectivity index is 0.00000208. The van der Waals surface area contributed by atoms with Crippen LogP contribution in [0.3, 0.4) is 0 Å². The smallest absolute Gasteiger partial charge is 0.545 e. The van der Waals surface area contributed by atoms with Crippen molar-refractivity contribution in [2.24, 2.45) is 0 Å². The maximum Gasteiger partial charge on any atom is 1.00 e. The molecule has 6 heteroatoms. The molecule has 0 fully saturated rings. The number of carboxylic acids is 1. The number of hydrogen-bond donors (Lipinski definition) is 0. The predicted octanol–water partition coefficient (Wildman–Crippen LogP) is -1.46. The average Bonchev–Trinajstić information content (AvgIpc) is 2.57. The zero-order chi connectivity index (χ0) is 16.4. The van der Waals surface area contributed by atoms with Crippen molar-refractivity contribution in [2.45, 2.75) is 6.92 Å². The van der Waals surface area contributed by atoms with Crippen LogP contribution in [0, 0.1) is 6.92 Å². The molecule has 0 aliphatic carbocycles. The molecule has 0 aliphatic heterocycles. The summed E-state index contributed by atoms with van der Waals surface area (Å²) < 4.78 is 1.22. The van der Waals surface area contributed by atoms with Gasteiger partial charge in [0.2, 0.25) is 0 Å². The fourth-order valence-electron chi connectivity index (χ4n) is 2.27. The van der Waals surface area contributed by atoms with E-state index < -0.39 is 5.97 Å². The number of carboxylic acid groups (broad SMARTS) is 1. The van der Waals surface area contributed by atoms with Crippen molar-refractivity contribution in [1.29, 1.82) is 0 Å². The Kier molecular flexibility index (Phi) is 5.72. The summed E-state index contributed by atoms with van der Waals surface area (Å²) in [6.45, 7) is 1.66. The third-order valence-corrected chi connectivity index (χ3v) is 3.55. The monoisotopic (exact) mass is 328 g/mol. The second kappa shape index (κ2) is 7.57. The van der Waals surface area contributed by atoms with Crippen LogP contribution in [0.1, 0.15) is 27.2 Å². The van der Waals surface area contributed by atoms with Gasteiger partial charge in [0.15, 0.2) is 0 Å². The van der Waals surface area contributed by atoms with Crippen LogP contribution in [-0.4, -0.2) is 15.4 Å². The summed E-state index contributed by atoms with van der Waals surface area (Å²) in [6, 6.07) is 12.5. The minimum absolute atomic E-state index is 0. The van der Waals surface area contributed by atoms with Gasteiger partial charge in [0.1, 0.15) is 5.65 Å². The van der Waals surface area contributed by atoms with Crippen LogP contribution in [0.25, 0.3) is 17.8 Å². The van der Waals surface area contributed by atoms with Crippen LogP contribution in [0.15, 0.2) is 53.5 Å². The van der Waals surface area contributed by atoms with E-state index in [0.29, 0.717) is 16.9 Å². The maximum absolute atomic E-state index is 12.4. The van der Waals surface area contributed by atoms with E-state index in [9.17, 15) is 14.7 Å². The number of hydrogen-bond acceptors (Lipinski definition) is 4. The van der Waals surface area contributed by atoms with Crippen molar-refractivity contribution in [3.63, 3.8) is 0 Å². The summed E-state index contributed by atoms with van der Waals surface area (Å²) in [7, 11) is 0. The van der Waals surface area contributed by atoms with Gasteiger partial charge in [-0.1, -0.05) is 36.4 Å². The fourth-order valence-corrected chi connectivity index (χ4v) is 2.27. The van der Waals surface area contributed by atoms with E-state index in [0.717, 1.165) is 5.56 Å². The number of benzene rings is 1. The molecule has 2 heterocycles. The molecule has 0 spiro atoms. The summed E-state index contributed by atoms with van der Waals surface area (Å²) >= 11 is 0. The molecule has 0 saturated carbocycles. The molecular formula is C18H13N2NaO3. The van der Waals surface area contributed by atoms with Crippen LogP contribution in [0.5, 0.6) is 0 Å². The van der Waals surface area contributed by atoms with Crippen LogP contribution in [-0.2, 0) is 0 Å². The maximum atomic E-state index is 12.4. The largest absolute Gasteiger partial charge is 1.00 e. The SMILES string of the molecule is Cc1c(/C=C/c2ccccc2)nc2ccc(C(=O)[O-])cn2c1=O.[Na+]. The summed E-state index contributed by atoms with van der Waals surface area (Å²) in [5.41, 5.74) is 2.03. The minimum Gasteiger partial charge on any atom is -0.545 e. The van der Waals surface area contributed by atoms with Gasteiger partial charge in [0, 0.05) is 17.3 Å². The third-order valence-electron chi connectivity index (χ3n) is 3.55. The number of rotatable bonds is 3. The first-order valence-electron chi connectivity index (χ1n) is 7.04. The quantitative estimate of drug-likeness (QED) is 0.551. The summed E-state index contributed by atoms with van der Waals surface area (Å²) in [5.74, 6) is -1.33. The summed E-state index contributed by atoms with van der Waals surface area (Å²) in [6.07, 6.45) is 4.89. The molecule has 1 aromatic carbocycles. The molecule has 114 valence electrons. The van der Waals surface area contributed by atoms with E-state index >= 15 is 0 Å². The molecule has 0 unspecified atom stereocenters. The number of pyridine rings is 1. The molecule has 24 heavy (non-hydrogen) atoms. The minimum atomic E-state index is -1.33. The van der Waals surface area contributed by atoms with E-state index in [2.05, 4.69) is 4.98 Å². The van der Waals surface area contributed by atoms with Crippen LogP contribution >= 0.6 is 0 Å². The van der Waals surface area contributed by atoms with Gasteiger partial charge in [-0.15, -0.1) is 0 Å². The van der Waals surface area contributed by atoms with E-state index in [4.69, 9.17) is 0 Å². The standard InChI is InChI=1S/C18H14N2O3.Na/c1-12-15(9-7-13-5-3-2-4-6-13)19-16-10-8-14(18(22)23)11-20(16)17(12)21;/h2-11H,1H3,(H,22,23);/q;+1/p-1/b9-7+;. The van der Waals surface area contributed by atoms with Crippen molar-refractivity contribution in [3.05, 3.63) is 81.4 Å². The molecule has 2 aromatic heterocycles. The molecule has 0 atom stereocenters. The molecule has 3 aromatic rings. The van der Waals surface area contributed by atoms with E-state index in [1.54, 1.807) is 13.0 Å². The number of nitrogens with zero attached hydrogens (tertiary/aromatic N) is 2. The zero-order valence-corrected chi connectivity index (χ0v) is 15.4. The van der Waals surface area contributed by atoms with E-state index in [1.807, 2.05) is 36.4 Å². The Hall–Kier alpha value is -2.21. The molecule has 0 amide bonds. The number of aromatic carboxylic acids is 1. The Morgan fingerprint density at radius 2 is 1.83 bits per heavy atom. The van der Waals surface area contributed by atoms with Crippen molar-refractivity contribution in [1.82, 2.24) is 9.38 Å². The average molecular weight is 328 g/mol. The normalized spacial score (nSPS) is 10.7. The second-order valence-corrected chi connectivity index (χ2v) is 5.10. The van der Waals surface area contributed by atoms with Gasteiger partial charge in [-0.2, -0.15) is 0 Å². The Morgan fingerprint density at radius 1 is 1.12 bits per heavy atom. The zero-order valence-electron chi connectivity index (χ0n) is 13.4. The fraction of sp³-hybridized carbons (Fsp3) is 0.0556. The van der Waals surface area contributed by atoms with Crippen LogP contribution in [0.4, 0.5) is 0 Å². The number of carbonyl (C=O) groups is 1. The Bertz CT molecular complexity index is 979. The van der Waals surface area contributed by atoms with Crippen molar-refractivity contribution < 1.29 is 39.5 Å². The molecule has 0 bridgehead atoms. The van der Waals surface area contributed by atoms with Crippen molar-refractivity contribution in [2.75, 3.05) is 0 Å². The van der Waals surface area contributed by atoms with Gasteiger partial charge in [-0.3, -0.25) is 9.20 Å². The van der Waals surface area contributed by atoms with Gasteiger partial charge in [0.25, 0.3) is 5.56 Å². The first-order chi connectivity index (χ1) is 11.1. The number of carbonyl (C=O) groups excluding carboxylic acids is 1. The van der Waals surface area contributed by atoms with Gasteiger partial charge >= 0.3 is 29.6 Å². The third kappa shape index (κ3) is 3.64. The number of fused-ring (bicyclic) bond motifs is 1. The van der Waals surface area contributed by atoms with Crippen molar-refractivity contribution >= 4 is 23.8 Å². The molecule has 0 radical (unpaired) electrons. The molecule has 5 nitrogen and oxygen atoms in total. The van der Waals surface area contributed by atoms with E-state index in [-0.39, 0.29) is 40.7 Å². The van der Waals surface area contributed by atoms with Crippen LogP contribution < -0.4 is 40.2 Å². The first-order valence-corrected chi connectivity index (χ1v) is 7.04. The van der Waals surface area contributed by atoms with Gasteiger partial charge in [0.05, 0.1) is 11.7 Å². The van der Waals surface area contributed by atoms with Crippen molar-refractivity contribution in [3.8, 4) is 0 Å². The van der Waals surface area contributed by atoms with E-state index in [1.165, 1.54) is 22.7 Å². The van der Waals surface area contributed by atoms with Gasteiger partial charge in [-0.05, 0) is 30.7 Å². The van der Waals surface area contributed by atoms with Gasteiger partial charge in [-0.25, -0.2) is 4.98 Å². The molecule has 3 rings (SSSR count). The van der Waals surface area contributed by atoms with Crippen LogP contribution in [0.2, 0.25) is 0 Å².